The van der Waals surface area contributed by atoms with E-state index in [4.69, 9.17) is 7.85 Å². The highest BCUT2D eigenvalue weighted by atomic mass is 14.1. The minimum absolute atomic E-state index is 0.389. The molecule has 0 saturated carbocycles. The van der Waals surface area contributed by atoms with Crippen molar-refractivity contribution >= 4 is 7.85 Å². The van der Waals surface area contributed by atoms with Gasteiger partial charge in [-0.3, -0.25) is 0 Å². The van der Waals surface area contributed by atoms with Crippen LogP contribution in [0.3, 0.4) is 0 Å². The Kier molecular flexibility index (Phi) is 5.70. The first kappa shape index (κ1) is 12.1. The lowest BCUT2D eigenvalue weighted by Crippen LogP contribution is -2.03. The van der Waals surface area contributed by atoms with Crippen molar-refractivity contribution in [2.75, 3.05) is 0 Å². The predicted octanol–water partition coefficient (Wildman–Crippen LogP) is 3.96. The van der Waals surface area contributed by atoms with Crippen molar-refractivity contribution in [3.05, 3.63) is 0 Å². The molecule has 1 heteroatoms. The summed E-state index contributed by atoms with van der Waals surface area (Å²) in [4.78, 5) is 0. The third-order valence-corrected chi connectivity index (χ3v) is 2.09. The van der Waals surface area contributed by atoms with E-state index in [1.54, 1.807) is 0 Å². The Bertz CT molecular complexity index is 100. The monoisotopic (exact) mass is 166 g/mol. The molecule has 0 aliphatic heterocycles. The van der Waals surface area contributed by atoms with E-state index in [0.717, 1.165) is 0 Å². The van der Waals surface area contributed by atoms with Gasteiger partial charge in [0.25, 0.3) is 0 Å². The van der Waals surface area contributed by atoms with Crippen LogP contribution in [-0.2, 0) is 0 Å². The van der Waals surface area contributed by atoms with E-state index < -0.39 is 0 Å². The van der Waals surface area contributed by atoms with Crippen LogP contribution in [0.4, 0.5) is 0 Å². The van der Waals surface area contributed by atoms with Crippen LogP contribution in [0, 0.1) is 5.41 Å². The van der Waals surface area contributed by atoms with Crippen molar-refractivity contribution in [3.8, 4) is 0 Å². The van der Waals surface area contributed by atoms with Crippen molar-refractivity contribution in [2.45, 2.75) is 65.6 Å². The normalized spacial score (nSPS) is 14.7. The smallest absolute Gasteiger partial charge is 0.0695 e. The molecule has 0 heterocycles. The van der Waals surface area contributed by atoms with E-state index in [1.165, 1.54) is 32.1 Å². The fourth-order valence-electron chi connectivity index (χ4n) is 1.30. The fourth-order valence-corrected chi connectivity index (χ4v) is 1.30. The van der Waals surface area contributed by atoms with Gasteiger partial charge in [0.05, 0.1) is 7.85 Å². The lowest BCUT2D eigenvalue weighted by molar-refractivity contribution is 0.357. The summed E-state index contributed by atoms with van der Waals surface area (Å²) in [6.07, 6.45) is 6.53. The highest BCUT2D eigenvalue weighted by Crippen LogP contribution is 2.22. The van der Waals surface area contributed by atoms with Crippen LogP contribution in [0.2, 0.25) is 5.82 Å². The lowest BCUT2D eigenvalue weighted by atomic mass is 9.84. The van der Waals surface area contributed by atoms with Crippen LogP contribution in [0.15, 0.2) is 0 Å². The van der Waals surface area contributed by atoms with Crippen molar-refractivity contribution in [1.82, 2.24) is 0 Å². The van der Waals surface area contributed by atoms with Gasteiger partial charge in [0.2, 0.25) is 0 Å². The average Bonchev–Trinajstić information content (AvgIpc) is 1.83. The van der Waals surface area contributed by atoms with Gasteiger partial charge >= 0.3 is 0 Å². The highest BCUT2D eigenvalue weighted by Gasteiger charge is 2.08. The molecule has 0 aliphatic carbocycles. The first-order valence-corrected chi connectivity index (χ1v) is 5.17. The van der Waals surface area contributed by atoms with E-state index >= 15 is 0 Å². The van der Waals surface area contributed by atoms with E-state index in [1.807, 2.05) is 0 Å². The Balaban J connectivity index is 3.12. The van der Waals surface area contributed by atoms with Gasteiger partial charge in [-0.15, -0.1) is 0 Å². The van der Waals surface area contributed by atoms with Crippen LogP contribution in [0.25, 0.3) is 0 Å². The van der Waals surface area contributed by atoms with E-state index in [2.05, 4.69) is 27.7 Å². The first-order valence-electron chi connectivity index (χ1n) is 5.17. The van der Waals surface area contributed by atoms with E-state index in [9.17, 15) is 0 Å². The predicted molar refractivity (Wildman–Crippen MR) is 57.7 cm³/mol. The molecule has 0 aromatic carbocycles. The molecule has 1 unspecified atom stereocenters. The molecule has 1 atom stereocenters. The molecule has 0 aliphatic rings. The summed E-state index contributed by atoms with van der Waals surface area (Å²) in [5.41, 5.74) is 0.508. The Morgan fingerprint density at radius 2 is 1.67 bits per heavy atom. The standard InChI is InChI=1S/C11H23B/c1-10(12)8-6-5-7-9-11(2,3)4/h10H,5-9H2,1-4H3. The zero-order chi connectivity index (χ0) is 9.61. The summed E-state index contributed by atoms with van der Waals surface area (Å²) in [5.74, 6) is 0.389. The van der Waals surface area contributed by atoms with E-state index in [0.29, 0.717) is 11.2 Å². The first-order chi connectivity index (χ1) is 5.42. The second-order valence-electron chi connectivity index (χ2n) is 5.14. The maximum absolute atomic E-state index is 5.66. The van der Waals surface area contributed by atoms with Gasteiger partial charge in [0.15, 0.2) is 0 Å². The lowest BCUT2D eigenvalue weighted by Gasteiger charge is -2.17. The molecule has 0 bridgehead atoms. The average molecular weight is 166 g/mol. The molecule has 70 valence electrons. The van der Waals surface area contributed by atoms with Crippen LogP contribution < -0.4 is 0 Å². The van der Waals surface area contributed by atoms with Gasteiger partial charge in [-0.25, -0.2) is 0 Å². The Hall–Kier alpha value is 0.0649. The molecule has 0 aromatic rings. The molecule has 2 radical (unpaired) electrons. The number of hydrogen-bond acceptors (Lipinski definition) is 0. The van der Waals surface area contributed by atoms with Gasteiger partial charge in [0.1, 0.15) is 0 Å². The van der Waals surface area contributed by atoms with Gasteiger partial charge in [-0.05, 0) is 11.8 Å². The van der Waals surface area contributed by atoms with Gasteiger partial charge in [0, 0.05) is 0 Å². The van der Waals surface area contributed by atoms with Crippen LogP contribution in [-0.4, -0.2) is 7.85 Å². The van der Waals surface area contributed by atoms with Crippen LogP contribution in [0.1, 0.15) is 59.8 Å². The molecule has 0 aromatic heterocycles. The summed E-state index contributed by atoms with van der Waals surface area (Å²) < 4.78 is 0. The molecule has 0 rings (SSSR count). The number of hydrogen-bond donors (Lipinski definition) is 0. The Morgan fingerprint density at radius 1 is 1.08 bits per heavy atom. The molecule has 0 amide bonds. The van der Waals surface area contributed by atoms with Crippen molar-refractivity contribution in [2.24, 2.45) is 5.41 Å². The summed E-state index contributed by atoms with van der Waals surface area (Å²) >= 11 is 0. The fraction of sp³-hybridized carbons (Fsp3) is 1.00. The zero-order valence-corrected chi connectivity index (χ0v) is 9.19. The molecule has 0 spiro atoms. The second-order valence-corrected chi connectivity index (χ2v) is 5.14. The maximum atomic E-state index is 5.66. The van der Waals surface area contributed by atoms with Gasteiger partial charge < -0.3 is 0 Å². The van der Waals surface area contributed by atoms with Crippen molar-refractivity contribution < 1.29 is 0 Å². The topological polar surface area (TPSA) is 0 Å². The minimum Gasteiger partial charge on any atom is -0.0802 e. The van der Waals surface area contributed by atoms with Crippen LogP contribution >= 0.6 is 0 Å². The summed E-state index contributed by atoms with van der Waals surface area (Å²) in [6.45, 7) is 9.00. The summed E-state index contributed by atoms with van der Waals surface area (Å²) in [7, 11) is 5.66. The molecule has 12 heavy (non-hydrogen) atoms. The molecular weight excluding hydrogens is 143 g/mol. The Labute approximate surface area is 79.5 Å². The summed E-state index contributed by atoms with van der Waals surface area (Å²) in [6, 6.07) is 0. The largest absolute Gasteiger partial charge is 0.0802 e. The minimum atomic E-state index is 0.389. The van der Waals surface area contributed by atoms with E-state index in [-0.39, 0.29) is 0 Å². The second kappa shape index (κ2) is 5.67. The molecular formula is C11H23B. The molecule has 0 N–H and O–H groups in total. The van der Waals surface area contributed by atoms with Crippen LogP contribution in [0.5, 0.6) is 0 Å². The third kappa shape index (κ3) is 10.1. The number of rotatable bonds is 5. The van der Waals surface area contributed by atoms with Crippen molar-refractivity contribution in [3.63, 3.8) is 0 Å². The molecule has 0 saturated heterocycles. The third-order valence-electron chi connectivity index (χ3n) is 2.09. The van der Waals surface area contributed by atoms with Gasteiger partial charge in [-0.2, -0.15) is 0 Å². The SMILES string of the molecule is [B]C(C)CCCCCC(C)(C)C. The summed E-state index contributed by atoms with van der Waals surface area (Å²) in [5, 5.41) is 0. The van der Waals surface area contributed by atoms with Gasteiger partial charge in [-0.1, -0.05) is 59.2 Å². The zero-order valence-electron chi connectivity index (χ0n) is 9.19. The highest BCUT2D eigenvalue weighted by molar-refractivity contribution is 6.11. The number of unbranched alkanes of at least 4 members (excludes halogenated alkanes) is 2. The maximum Gasteiger partial charge on any atom is 0.0695 e. The van der Waals surface area contributed by atoms with Crippen molar-refractivity contribution in [1.29, 1.82) is 0 Å². The molecule has 0 fully saturated rings. The molecule has 0 nitrogen and oxygen atoms in total. The quantitative estimate of drug-likeness (QED) is 0.428. The Morgan fingerprint density at radius 3 is 2.08 bits per heavy atom.